The summed E-state index contributed by atoms with van der Waals surface area (Å²) >= 11 is 5.91. The molecule has 2 aromatic rings. The van der Waals surface area contributed by atoms with E-state index < -0.39 is 0 Å². The van der Waals surface area contributed by atoms with Gasteiger partial charge in [0.05, 0.1) is 13.1 Å². The van der Waals surface area contributed by atoms with Crippen LogP contribution in [0, 0.1) is 0 Å². The lowest BCUT2D eigenvalue weighted by molar-refractivity contribution is -0.131. The van der Waals surface area contributed by atoms with Gasteiger partial charge in [-0.05, 0) is 45.0 Å². The summed E-state index contributed by atoms with van der Waals surface area (Å²) in [6.07, 6.45) is 0.507. The maximum Gasteiger partial charge on any atom is 0.242 e. The number of nitrogens with zero attached hydrogens (tertiary/aromatic N) is 5. The molecule has 1 amide bonds. The fraction of sp³-hybridized carbons (Fsp3) is 0.500. The number of amides is 1. The summed E-state index contributed by atoms with van der Waals surface area (Å²) in [5.41, 5.74) is 0.843. The molecule has 0 bridgehead atoms. The average molecular weight is 421 g/mol. The second-order valence-corrected chi connectivity index (χ2v) is 6.86. The Morgan fingerprint density at radius 2 is 1.90 bits per heavy atom. The predicted octanol–water partition coefficient (Wildman–Crippen LogP) is 2.70. The summed E-state index contributed by atoms with van der Waals surface area (Å²) in [7, 11) is 1.86. The highest BCUT2D eigenvalue weighted by atomic mass is 35.5. The second-order valence-electron chi connectivity index (χ2n) is 6.43. The molecule has 0 aliphatic heterocycles. The van der Waals surface area contributed by atoms with Gasteiger partial charge in [-0.3, -0.25) is 9.79 Å². The molecule has 0 radical (unpaired) electrons. The minimum atomic E-state index is 0.0765. The number of likely N-dealkylation sites (N-methyl/N-ethyl adjacent to an activating group) is 2. The average Bonchev–Trinajstić information content (AvgIpc) is 3.17. The van der Waals surface area contributed by atoms with E-state index in [2.05, 4.69) is 20.4 Å². The van der Waals surface area contributed by atoms with Gasteiger partial charge in [-0.15, -0.1) is 0 Å². The van der Waals surface area contributed by atoms with Crippen LogP contribution in [-0.4, -0.2) is 71.6 Å². The minimum Gasteiger partial charge on any atom is -0.357 e. The third-order valence-corrected chi connectivity index (χ3v) is 4.59. The van der Waals surface area contributed by atoms with E-state index >= 15 is 0 Å². The Kier molecular flexibility index (Phi) is 8.92. The molecule has 0 spiro atoms. The number of halogens is 1. The van der Waals surface area contributed by atoms with Crippen LogP contribution in [0.2, 0.25) is 5.02 Å². The highest BCUT2D eigenvalue weighted by Crippen LogP contribution is 2.18. The quantitative estimate of drug-likeness (QED) is 0.495. The molecule has 158 valence electrons. The van der Waals surface area contributed by atoms with E-state index in [-0.39, 0.29) is 12.5 Å². The van der Waals surface area contributed by atoms with Crippen LogP contribution in [-0.2, 0) is 11.2 Å². The van der Waals surface area contributed by atoms with Crippen molar-refractivity contribution in [1.29, 1.82) is 0 Å². The highest BCUT2D eigenvalue weighted by Gasteiger charge is 2.15. The molecule has 0 saturated heterocycles. The topological polar surface area (TPSA) is 86.9 Å². The van der Waals surface area contributed by atoms with Crippen molar-refractivity contribution < 1.29 is 9.32 Å². The molecule has 1 aromatic carbocycles. The van der Waals surface area contributed by atoms with Crippen LogP contribution in [0.4, 0.5) is 0 Å². The van der Waals surface area contributed by atoms with Gasteiger partial charge in [-0.1, -0.05) is 16.8 Å². The number of guanidine groups is 1. The van der Waals surface area contributed by atoms with E-state index in [1.807, 2.05) is 44.9 Å². The van der Waals surface area contributed by atoms with Gasteiger partial charge in [0.15, 0.2) is 5.96 Å². The van der Waals surface area contributed by atoms with Crippen LogP contribution in [0.1, 0.15) is 26.7 Å². The van der Waals surface area contributed by atoms with Crippen molar-refractivity contribution in [3.8, 4) is 11.4 Å². The minimum absolute atomic E-state index is 0.0765. The van der Waals surface area contributed by atoms with E-state index in [0.29, 0.717) is 55.3 Å². The molecular formula is C20H29ClN6O2. The summed E-state index contributed by atoms with van der Waals surface area (Å²) in [6, 6.07) is 7.27. The SMILES string of the molecule is CCNC(=NCCc1nc(-c2ccc(Cl)cc2)no1)N(C)CC(=O)N(CC)CC. The molecule has 2 rings (SSSR count). The normalized spacial score (nSPS) is 11.4. The van der Waals surface area contributed by atoms with Crippen molar-refractivity contribution >= 4 is 23.5 Å². The van der Waals surface area contributed by atoms with Crippen LogP contribution < -0.4 is 5.32 Å². The van der Waals surface area contributed by atoms with Crippen LogP contribution in [0.15, 0.2) is 33.8 Å². The first-order valence-corrected chi connectivity index (χ1v) is 10.2. The highest BCUT2D eigenvalue weighted by molar-refractivity contribution is 6.30. The van der Waals surface area contributed by atoms with Gasteiger partial charge >= 0.3 is 0 Å². The van der Waals surface area contributed by atoms with Crippen LogP contribution in [0.25, 0.3) is 11.4 Å². The standard InChI is InChI=1S/C20H29ClN6O2/c1-5-22-20(26(4)14-18(28)27(6-2)7-3)23-13-12-17-24-19(25-29-17)15-8-10-16(21)11-9-15/h8-11H,5-7,12-14H2,1-4H3,(H,22,23). The number of aromatic nitrogens is 2. The van der Waals surface area contributed by atoms with Crippen LogP contribution >= 0.6 is 11.6 Å². The number of hydrogen-bond donors (Lipinski definition) is 1. The lowest BCUT2D eigenvalue weighted by atomic mass is 10.2. The first kappa shape index (κ1) is 22.7. The molecule has 0 fully saturated rings. The van der Waals surface area contributed by atoms with Crippen molar-refractivity contribution in [3.05, 3.63) is 35.2 Å². The molecule has 0 atom stereocenters. The van der Waals surface area contributed by atoms with Gasteiger partial charge in [-0.25, -0.2) is 0 Å². The zero-order valence-corrected chi connectivity index (χ0v) is 18.2. The van der Waals surface area contributed by atoms with E-state index in [1.165, 1.54) is 0 Å². The Labute approximate surface area is 176 Å². The molecule has 1 aromatic heterocycles. The molecule has 9 heteroatoms. The molecule has 0 unspecified atom stereocenters. The number of aliphatic imine (C=N–C) groups is 1. The monoisotopic (exact) mass is 420 g/mol. The molecule has 0 aliphatic carbocycles. The third kappa shape index (κ3) is 6.74. The molecule has 1 N–H and O–H groups in total. The lowest BCUT2D eigenvalue weighted by Gasteiger charge is -2.25. The van der Waals surface area contributed by atoms with Crippen LogP contribution in [0.5, 0.6) is 0 Å². The first-order chi connectivity index (χ1) is 14.0. The number of hydrogen-bond acceptors (Lipinski definition) is 5. The Morgan fingerprint density at radius 3 is 2.52 bits per heavy atom. The number of carbonyl (C=O) groups is 1. The summed E-state index contributed by atoms with van der Waals surface area (Å²) in [5, 5.41) is 7.88. The van der Waals surface area contributed by atoms with Crippen molar-refractivity contribution in [2.45, 2.75) is 27.2 Å². The zero-order valence-electron chi connectivity index (χ0n) is 17.5. The van der Waals surface area contributed by atoms with E-state index in [1.54, 1.807) is 17.0 Å². The number of carbonyl (C=O) groups excluding carboxylic acids is 1. The third-order valence-electron chi connectivity index (χ3n) is 4.34. The zero-order chi connectivity index (χ0) is 21.2. The van der Waals surface area contributed by atoms with Crippen molar-refractivity contribution in [2.75, 3.05) is 39.8 Å². The van der Waals surface area contributed by atoms with Crippen molar-refractivity contribution in [2.24, 2.45) is 4.99 Å². The van der Waals surface area contributed by atoms with Crippen LogP contribution in [0.3, 0.4) is 0 Å². The van der Waals surface area contributed by atoms with Gasteiger partial charge in [-0.2, -0.15) is 4.98 Å². The largest absolute Gasteiger partial charge is 0.357 e. The van der Waals surface area contributed by atoms with E-state index in [9.17, 15) is 4.79 Å². The van der Waals surface area contributed by atoms with Gasteiger partial charge < -0.3 is 19.6 Å². The van der Waals surface area contributed by atoms with Crippen molar-refractivity contribution in [1.82, 2.24) is 25.3 Å². The van der Waals surface area contributed by atoms with E-state index in [4.69, 9.17) is 16.1 Å². The van der Waals surface area contributed by atoms with Gasteiger partial charge in [0.1, 0.15) is 0 Å². The second kappa shape index (κ2) is 11.4. The van der Waals surface area contributed by atoms with E-state index in [0.717, 1.165) is 5.56 Å². The fourth-order valence-corrected chi connectivity index (χ4v) is 2.88. The number of nitrogens with one attached hydrogen (secondary N) is 1. The summed E-state index contributed by atoms with van der Waals surface area (Å²) < 4.78 is 5.32. The number of benzene rings is 1. The van der Waals surface area contributed by atoms with Gasteiger partial charge in [0, 0.05) is 43.7 Å². The molecule has 8 nitrogen and oxygen atoms in total. The van der Waals surface area contributed by atoms with Gasteiger partial charge in [0.25, 0.3) is 0 Å². The summed E-state index contributed by atoms with van der Waals surface area (Å²) in [5.74, 6) is 1.78. The summed E-state index contributed by atoms with van der Waals surface area (Å²) in [4.78, 5) is 25.0. The Balaban J connectivity index is 1.96. The Morgan fingerprint density at radius 1 is 1.21 bits per heavy atom. The maximum atomic E-state index is 12.3. The smallest absolute Gasteiger partial charge is 0.242 e. The molecule has 0 saturated carbocycles. The molecule has 0 aliphatic rings. The fourth-order valence-electron chi connectivity index (χ4n) is 2.75. The predicted molar refractivity (Wildman–Crippen MR) is 115 cm³/mol. The lowest BCUT2D eigenvalue weighted by Crippen LogP contribution is -2.45. The van der Waals surface area contributed by atoms with Gasteiger partial charge in [0.2, 0.25) is 17.6 Å². The van der Waals surface area contributed by atoms with Crippen molar-refractivity contribution in [3.63, 3.8) is 0 Å². The number of rotatable bonds is 9. The Hall–Kier alpha value is -2.61. The molecule has 29 heavy (non-hydrogen) atoms. The Bertz CT molecular complexity index is 802. The summed E-state index contributed by atoms with van der Waals surface area (Å²) in [6.45, 7) is 8.79. The first-order valence-electron chi connectivity index (χ1n) is 9.84. The molecule has 1 heterocycles. The maximum absolute atomic E-state index is 12.3. The molecular weight excluding hydrogens is 392 g/mol.